The smallest absolute Gasteiger partial charge is 0.326 e. The minimum absolute atomic E-state index is 0.0326. The molecule has 9 heteroatoms. The van der Waals surface area contributed by atoms with E-state index < -0.39 is 0 Å². The van der Waals surface area contributed by atoms with Crippen LogP contribution in [0, 0.1) is 12.8 Å². The zero-order chi connectivity index (χ0) is 18.8. The van der Waals surface area contributed by atoms with Crippen LogP contribution in [0.3, 0.4) is 0 Å². The van der Waals surface area contributed by atoms with Gasteiger partial charge >= 0.3 is 6.03 Å². The van der Waals surface area contributed by atoms with Gasteiger partial charge in [0, 0.05) is 45.0 Å². The highest BCUT2D eigenvalue weighted by Crippen LogP contribution is 2.29. The molecule has 0 unspecified atom stereocenters. The normalized spacial score (nSPS) is 14.6. The van der Waals surface area contributed by atoms with Gasteiger partial charge in [0.2, 0.25) is 0 Å². The number of hydrogen-bond acceptors (Lipinski definition) is 5. The van der Waals surface area contributed by atoms with Crippen molar-refractivity contribution >= 4 is 28.4 Å². The van der Waals surface area contributed by atoms with Gasteiger partial charge in [0.15, 0.2) is 5.13 Å². The summed E-state index contributed by atoms with van der Waals surface area (Å²) in [4.78, 5) is 33.5. The fourth-order valence-corrected chi connectivity index (χ4v) is 3.91. The molecule has 140 valence electrons. The maximum absolute atomic E-state index is 12.6. The molecule has 1 fully saturated rings. The van der Waals surface area contributed by atoms with Crippen LogP contribution in [0.5, 0.6) is 0 Å². The number of thiazole rings is 1. The minimum Gasteiger partial charge on any atom is -0.347 e. The van der Waals surface area contributed by atoms with Crippen molar-refractivity contribution < 1.29 is 9.59 Å². The van der Waals surface area contributed by atoms with Crippen molar-refractivity contribution in [3.63, 3.8) is 0 Å². The number of urea groups is 1. The van der Waals surface area contributed by atoms with Crippen LogP contribution in [0.15, 0.2) is 12.4 Å². The van der Waals surface area contributed by atoms with Gasteiger partial charge < -0.3 is 10.2 Å². The number of carbonyl (C=O) groups excluding carboxylic acids is 2. The molecule has 1 saturated heterocycles. The van der Waals surface area contributed by atoms with Crippen LogP contribution in [-0.2, 0) is 13.6 Å². The van der Waals surface area contributed by atoms with E-state index in [-0.39, 0.29) is 11.9 Å². The SMILES string of the molecule is Cc1nc(N2CCN(CC(C)C)C2=O)sc1C(=O)NCc1cnn(C)c1. The molecule has 0 bridgehead atoms. The maximum Gasteiger partial charge on any atom is 0.326 e. The summed E-state index contributed by atoms with van der Waals surface area (Å²) < 4.78 is 1.69. The van der Waals surface area contributed by atoms with Crippen molar-refractivity contribution in [1.29, 1.82) is 0 Å². The van der Waals surface area contributed by atoms with Gasteiger partial charge in [-0.2, -0.15) is 5.10 Å². The first-order valence-electron chi connectivity index (χ1n) is 8.64. The number of amides is 3. The number of rotatable bonds is 6. The number of aryl methyl sites for hydroxylation is 2. The lowest BCUT2D eigenvalue weighted by molar-refractivity contribution is 0.0954. The van der Waals surface area contributed by atoms with Crippen LogP contribution in [0.2, 0.25) is 0 Å². The third kappa shape index (κ3) is 3.87. The Hall–Kier alpha value is -2.42. The molecule has 3 rings (SSSR count). The van der Waals surface area contributed by atoms with E-state index in [0.29, 0.717) is 41.3 Å². The number of nitrogens with zero attached hydrogens (tertiary/aromatic N) is 5. The van der Waals surface area contributed by atoms with Crippen molar-refractivity contribution in [3.05, 3.63) is 28.5 Å². The summed E-state index contributed by atoms with van der Waals surface area (Å²) in [5.41, 5.74) is 1.58. The molecule has 0 radical (unpaired) electrons. The summed E-state index contributed by atoms with van der Waals surface area (Å²) >= 11 is 1.26. The van der Waals surface area contributed by atoms with Crippen LogP contribution in [0.1, 0.15) is 34.8 Å². The highest BCUT2D eigenvalue weighted by atomic mass is 32.1. The molecule has 2 aromatic heterocycles. The minimum atomic E-state index is -0.180. The van der Waals surface area contributed by atoms with Crippen LogP contribution < -0.4 is 10.2 Å². The number of hydrogen-bond donors (Lipinski definition) is 1. The topological polar surface area (TPSA) is 83.4 Å². The van der Waals surface area contributed by atoms with E-state index >= 15 is 0 Å². The largest absolute Gasteiger partial charge is 0.347 e. The third-order valence-electron chi connectivity index (χ3n) is 4.11. The molecule has 1 aliphatic heterocycles. The first-order chi connectivity index (χ1) is 12.3. The van der Waals surface area contributed by atoms with Gasteiger partial charge in [-0.15, -0.1) is 0 Å². The lowest BCUT2D eigenvalue weighted by Gasteiger charge is -2.18. The molecule has 1 aliphatic rings. The Kier molecular flexibility index (Phi) is 5.26. The monoisotopic (exact) mass is 376 g/mol. The van der Waals surface area contributed by atoms with Crippen molar-refractivity contribution in [1.82, 2.24) is 25.0 Å². The molecule has 1 N–H and O–H groups in total. The van der Waals surface area contributed by atoms with E-state index in [1.54, 1.807) is 22.7 Å². The molecular formula is C17H24N6O2S. The third-order valence-corrected chi connectivity index (χ3v) is 5.29. The van der Waals surface area contributed by atoms with Crippen molar-refractivity contribution in [2.75, 3.05) is 24.5 Å². The summed E-state index contributed by atoms with van der Waals surface area (Å²) in [6, 6.07) is -0.0326. The average molecular weight is 376 g/mol. The molecule has 3 amide bonds. The summed E-state index contributed by atoms with van der Waals surface area (Å²) in [5, 5.41) is 7.56. The standard InChI is InChI=1S/C17H24N6O2S/c1-11(2)9-22-5-6-23(17(22)25)16-20-12(3)14(26-16)15(24)18-7-13-8-19-21(4)10-13/h8,10-11H,5-7,9H2,1-4H3,(H,18,24). The predicted octanol–water partition coefficient (Wildman–Crippen LogP) is 2.01. The van der Waals surface area contributed by atoms with E-state index in [2.05, 4.69) is 29.2 Å². The van der Waals surface area contributed by atoms with Gasteiger partial charge in [-0.1, -0.05) is 25.2 Å². The molecule has 8 nitrogen and oxygen atoms in total. The van der Waals surface area contributed by atoms with Crippen LogP contribution in [-0.4, -0.2) is 51.2 Å². The number of carbonyl (C=O) groups is 2. The second-order valence-corrected chi connectivity index (χ2v) is 7.87. The molecule has 0 aliphatic carbocycles. The summed E-state index contributed by atoms with van der Waals surface area (Å²) in [6.07, 6.45) is 3.58. The summed E-state index contributed by atoms with van der Waals surface area (Å²) in [7, 11) is 1.83. The Morgan fingerprint density at radius 2 is 2.15 bits per heavy atom. The van der Waals surface area contributed by atoms with Gasteiger partial charge in [-0.3, -0.25) is 14.4 Å². The first kappa shape index (κ1) is 18.4. The van der Waals surface area contributed by atoms with Crippen LogP contribution in [0.4, 0.5) is 9.93 Å². The predicted molar refractivity (Wildman–Crippen MR) is 100 cm³/mol. The average Bonchev–Trinajstić information content (AvgIpc) is 3.25. The second kappa shape index (κ2) is 7.45. The van der Waals surface area contributed by atoms with Gasteiger partial charge in [0.05, 0.1) is 11.9 Å². The Balaban J connectivity index is 1.67. The Morgan fingerprint density at radius 1 is 1.38 bits per heavy atom. The fraction of sp³-hybridized carbons (Fsp3) is 0.529. The number of anilines is 1. The van der Waals surface area contributed by atoms with E-state index in [9.17, 15) is 9.59 Å². The van der Waals surface area contributed by atoms with Crippen LogP contribution in [0.25, 0.3) is 0 Å². The zero-order valence-electron chi connectivity index (χ0n) is 15.5. The first-order valence-corrected chi connectivity index (χ1v) is 9.46. The quantitative estimate of drug-likeness (QED) is 0.836. The van der Waals surface area contributed by atoms with Gasteiger partial charge in [-0.05, 0) is 12.8 Å². The Morgan fingerprint density at radius 3 is 2.81 bits per heavy atom. The maximum atomic E-state index is 12.6. The van der Waals surface area contributed by atoms with Crippen molar-refractivity contribution in [2.45, 2.75) is 27.3 Å². The zero-order valence-corrected chi connectivity index (χ0v) is 16.3. The highest BCUT2D eigenvalue weighted by Gasteiger charge is 2.32. The molecule has 2 aromatic rings. The highest BCUT2D eigenvalue weighted by molar-refractivity contribution is 7.17. The molecule has 0 atom stereocenters. The number of nitrogens with one attached hydrogen (secondary N) is 1. The lowest BCUT2D eigenvalue weighted by atomic mass is 10.2. The van der Waals surface area contributed by atoms with E-state index in [4.69, 9.17) is 0 Å². The van der Waals surface area contributed by atoms with E-state index in [1.807, 2.05) is 18.1 Å². The molecule has 0 aromatic carbocycles. The Labute approximate surface area is 156 Å². The van der Waals surface area contributed by atoms with Gasteiger partial charge in [0.1, 0.15) is 4.88 Å². The molecular weight excluding hydrogens is 352 g/mol. The second-order valence-electron chi connectivity index (χ2n) is 6.89. The lowest BCUT2D eigenvalue weighted by Crippen LogP contribution is -2.34. The van der Waals surface area contributed by atoms with Crippen LogP contribution >= 0.6 is 11.3 Å². The Bertz CT molecular complexity index is 812. The molecule has 0 spiro atoms. The fourth-order valence-electron chi connectivity index (χ4n) is 2.90. The van der Waals surface area contributed by atoms with E-state index in [0.717, 1.165) is 12.1 Å². The molecule has 0 saturated carbocycles. The number of aromatic nitrogens is 3. The molecule has 3 heterocycles. The molecule has 26 heavy (non-hydrogen) atoms. The van der Waals surface area contributed by atoms with Gasteiger partial charge in [0.25, 0.3) is 5.91 Å². The van der Waals surface area contributed by atoms with Crippen molar-refractivity contribution in [3.8, 4) is 0 Å². The van der Waals surface area contributed by atoms with Gasteiger partial charge in [-0.25, -0.2) is 9.78 Å². The van der Waals surface area contributed by atoms with Crippen molar-refractivity contribution in [2.24, 2.45) is 13.0 Å². The van der Waals surface area contributed by atoms with E-state index in [1.165, 1.54) is 11.3 Å². The summed E-state index contributed by atoms with van der Waals surface area (Å²) in [6.45, 7) is 8.42. The summed E-state index contributed by atoms with van der Waals surface area (Å²) in [5.74, 6) is 0.242.